The third-order valence-corrected chi connectivity index (χ3v) is 9.64. The minimum Gasteiger partial charge on any atom is -0.321 e. The number of rotatable bonds is 6. The Morgan fingerprint density at radius 1 is 1.07 bits per heavy atom. The standard InChI is InChI=1S/C33H44N6O/c1-21-12-22(2)18-39(17-21)19-24-13-28(36-29-27(24)10-11-32(29,4)5)30(40)35-26-9-7-8-25(14-26)33(15-23(3)16-33)31-37-34-20-38(31)6/h7-9,13-14,20-23H,10-12,15-19H2,1-6H3,(H,35,40)/t21-,22+,23?,33?. The van der Waals surface area contributed by atoms with E-state index in [-0.39, 0.29) is 16.7 Å². The molecular weight excluding hydrogens is 496 g/mol. The van der Waals surface area contributed by atoms with Crippen molar-refractivity contribution in [3.05, 3.63) is 70.6 Å². The van der Waals surface area contributed by atoms with Gasteiger partial charge in [0.1, 0.15) is 17.8 Å². The predicted molar refractivity (Wildman–Crippen MR) is 158 cm³/mol. The lowest BCUT2D eigenvalue weighted by molar-refractivity contribution is 0.102. The number of nitrogens with one attached hydrogen (secondary N) is 1. The molecular formula is C33H44N6O. The molecule has 1 saturated heterocycles. The third kappa shape index (κ3) is 4.87. The van der Waals surface area contributed by atoms with E-state index in [1.807, 2.05) is 23.7 Å². The normalized spacial score (nSPS) is 27.7. The summed E-state index contributed by atoms with van der Waals surface area (Å²) in [5.74, 6) is 2.88. The van der Waals surface area contributed by atoms with Gasteiger partial charge in [0, 0.05) is 37.8 Å². The van der Waals surface area contributed by atoms with Crippen molar-refractivity contribution in [1.82, 2.24) is 24.6 Å². The molecule has 1 aromatic carbocycles. The highest BCUT2D eigenvalue weighted by Crippen LogP contribution is 2.51. The maximum atomic E-state index is 13.7. The van der Waals surface area contributed by atoms with Crippen LogP contribution in [0.25, 0.3) is 0 Å². The van der Waals surface area contributed by atoms with E-state index < -0.39 is 0 Å². The summed E-state index contributed by atoms with van der Waals surface area (Å²) in [6, 6.07) is 10.4. The lowest BCUT2D eigenvalue weighted by Crippen LogP contribution is -2.43. The van der Waals surface area contributed by atoms with Crippen molar-refractivity contribution in [2.45, 2.75) is 84.1 Å². The van der Waals surface area contributed by atoms with Crippen molar-refractivity contribution in [3.63, 3.8) is 0 Å². The molecule has 1 N–H and O–H groups in total. The summed E-state index contributed by atoms with van der Waals surface area (Å²) in [6.45, 7) is 14.6. The molecule has 7 nitrogen and oxygen atoms in total. The molecule has 1 amide bonds. The van der Waals surface area contributed by atoms with Crippen LogP contribution in [0.2, 0.25) is 0 Å². The second-order valence-corrected chi connectivity index (χ2v) is 13.9. The van der Waals surface area contributed by atoms with Crippen LogP contribution in [0.1, 0.15) is 99.0 Å². The molecule has 1 saturated carbocycles. The molecule has 212 valence electrons. The number of anilines is 1. The quantitative estimate of drug-likeness (QED) is 0.423. The number of amides is 1. The minimum atomic E-state index is -0.170. The maximum Gasteiger partial charge on any atom is 0.274 e. The minimum absolute atomic E-state index is 0.0217. The summed E-state index contributed by atoms with van der Waals surface area (Å²) in [4.78, 5) is 21.3. The zero-order valence-electron chi connectivity index (χ0n) is 25.0. The van der Waals surface area contributed by atoms with Crippen LogP contribution < -0.4 is 5.32 Å². The molecule has 2 aromatic heterocycles. The molecule has 1 aliphatic heterocycles. The van der Waals surface area contributed by atoms with Gasteiger partial charge in [0.25, 0.3) is 5.91 Å². The van der Waals surface area contributed by atoms with E-state index in [0.29, 0.717) is 23.4 Å². The summed E-state index contributed by atoms with van der Waals surface area (Å²) in [6.07, 6.45) is 7.23. The Morgan fingerprint density at radius 2 is 1.82 bits per heavy atom. The van der Waals surface area contributed by atoms with Gasteiger partial charge >= 0.3 is 0 Å². The number of hydrogen-bond donors (Lipinski definition) is 1. The van der Waals surface area contributed by atoms with E-state index in [9.17, 15) is 4.79 Å². The molecule has 7 heteroatoms. The van der Waals surface area contributed by atoms with E-state index in [1.165, 1.54) is 23.1 Å². The first-order valence-electron chi connectivity index (χ1n) is 15.1. The first-order chi connectivity index (χ1) is 19.0. The maximum absolute atomic E-state index is 13.7. The van der Waals surface area contributed by atoms with E-state index in [4.69, 9.17) is 4.98 Å². The molecule has 6 rings (SSSR count). The molecule has 3 aromatic rings. The fraction of sp³-hybridized carbons (Fsp3) is 0.576. The fourth-order valence-electron chi connectivity index (χ4n) is 7.92. The molecule has 0 bridgehead atoms. The van der Waals surface area contributed by atoms with Crippen LogP contribution in [0.5, 0.6) is 0 Å². The average molecular weight is 541 g/mol. The Bertz CT molecular complexity index is 1410. The second kappa shape index (κ2) is 10.1. The highest BCUT2D eigenvalue weighted by molar-refractivity contribution is 6.03. The Kier molecular flexibility index (Phi) is 6.84. The number of benzene rings is 1. The summed E-state index contributed by atoms with van der Waals surface area (Å²) < 4.78 is 2.03. The average Bonchev–Trinajstić information content (AvgIpc) is 3.44. The van der Waals surface area contributed by atoms with Crippen molar-refractivity contribution in [1.29, 1.82) is 0 Å². The molecule has 2 fully saturated rings. The van der Waals surface area contributed by atoms with E-state index in [0.717, 1.165) is 62.5 Å². The van der Waals surface area contributed by atoms with Gasteiger partial charge in [-0.2, -0.15) is 0 Å². The third-order valence-electron chi connectivity index (χ3n) is 9.64. The van der Waals surface area contributed by atoms with Crippen molar-refractivity contribution in [2.24, 2.45) is 24.8 Å². The number of fused-ring (bicyclic) bond motifs is 1. The van der Waals surface area contributed by atoms with Crippen LogP contribution in [0.4, 0.5) is 5.69 Å². The van der Waals surface area contributed by atoms with Gasteiger partial charge in [-0.15, -0.1) is 10.2 Å². The SMILES string of the molecule is CC1CC(c2cccc(NC(=O)c3cc(CN4C[C@H](C)C[C@H](C)C4)c4c(n3)C(C)(C)CC4)c2)(c2nncn2C)C1. The predicted octanol–water partition coefficient (Wildman–Crippen LogP) is 5.88. The van der Waals surface area contributed by atoms with Crippen LogP contribution in [0.3, 0.4) is 0 Å². The Hall–Kier alpha value is -3.06. The number of likely N-dealkylation sites (tertiary alicyclic amines) is 1. The first kappa shape index (κ1) is 27.1. The number of aryl methyl sites for hydroxylation is 1. The highest BCUT2D eigenvalue weighted by Gasteiger charge is 2.48. The van der Waals surface area contributed by atoms with Crippen LogP contribution in [0.15, 0.2) is 36.7 Å². The van der Waals surface area contributed by atoms with Crippen molar-refractivity contribution in [2.75, 3.05) is 18.4 Å². The Balaban J connectivity index is 1.29. The van der Waals surface area contributed by atoms with Gasteiger partial charge in [-0.25, -0.2) is 4.98 Å². The first-order valence-corrected chi connectivity index (χ1v) is 15.1. The summed E-state index contributed by atoms with van der Waals surface area (Å²) >= 11 is 0. The number of aromatic nitrogens is 4. The molecule has 0 radical (unpaired) electrons. The zero-order chi connectivity index (χ0) is 28.2. The number of carbonyl (C=O) groups excluding carboxylic acids is 1. The molecule has 2 atom stereocenters. The van der Waals surface area contributed by atoms with Crippen LogP contribution in [0, 0.1) is 17.8 Å². The van der Waals surface area contributed by atoms with Gasteiger partial charge in [-0.05, 0) is 84.7 Å². The topological polar surface area (TPSA) is 75.9 Å². The van der Waals surface area contributed by atoms with Gasteiger partial charge in [0.05, 0.1) is 11.1 Å². The Labute approximate surface area is 238 Å². The number of nitrogens with zero attached hydrogens (tertiary/aromatic N) is 5. The summed E-state index contributed by atoms with van der Waals surface area (Å²) in [7, 11) is 2.01. The van der Waals surface area contributed by atoms with Gasteiger partial charge < -0.3 is 9.88 Å². The van der Waals surface area contributed by atoms with Gasteiger partial charge in [0.15, 0.2) is 0 Å². The fourth-order valence-corrected chi connectivity index (χ4v) is 7.92. The van der Waals surface area contributed by atoms with E-state index in [1.54, 1.807) is 6.33 Å². The lowest BCUT2D eigenvalue weighted by atomic mass is 9.58. The molecule has 3 heterocycles. The molecule has 0 unspecified atom stereocenters. The molecule has 3 aliphatic rings. The second-order valence-electron chi connectivity index (χ2n) is 13.9. The zero-order valence-corrected chi connectivity index (χ0v) is 25.0. The number of pyridine rings is 1. The van der Waals surface area contributed by atoms with Crippen LogP contribution in [-0.4, -0.2) is 43.6 Å². The van der Waals surface area contributed by atoms with Gasteiger partial charge in [0.2, 0.25) is 0 Å². The van der Waals surface area contributed by atoms with E-state index in [2.05, 4.69) is 73.2 Å². The Morgan fingerprint density at radius 3 is 2.50 bits per heavy atom. The number of carbonyl (C=O) groups is 1. The molecule has 40 heavy (non-hydrogen) atoms. The molecule has 2 aliphatic carbocycles. The van der Waals surface area contributed by atoms with Crippen LogP contribution >= 0.6 is 0 Å². The van der Waals surface area contributed by atoms with Crippen LogP contribution in [-0.2, 0) is 30.8 Å². The van der Waals surface area contributed by atoms with Gasteiger partial charge in [-0.3, -0.25) is 9.69 Å². The number of piperidine rings is 1. The number of hydrogen-bond acceptors (Lipinski definition) is 5. The summed E-state index contributed by atoms with van der Waals surface area (Å²) in [5, 5.41) is 11.8. The highest BCUT2D eigenvalue weighted by atomic mass is 16.1. The van der Waals surface area contributed by atoms with Crippen molar-refractivity contribution in [3.8, 4) is 0 Å². The lowest BCUT2D eigenvalue weighted by Gasteiger charge is -2.46. The van der Waals surface area contributed by atoms with Crippen molar-refractivity contribution < 1.29 is 4.79 Å². The summed E-state index contributed by atoms with van der Waals surface area (Å²) in [5.41, 5.74) is 6.05. The van der Waals surface area contributed by atoms with Crippen molar-refractivity contribution >= 4 is 11.6 Å². The molecule has 0 spiro atoms. The monoisotopic (exact) mass is 540 g/mol. The van der Waals surface area contributed by atoms with E-state index >= 15 is 0 Å². The largest absolute Gasteiger partial charge is 0.321 e. The van der Waals surface area contributed by atoms with Gasteiger partial charge in [-0.1, -0.05) is 46.8 Å². The smallest absolute Gasteiger partial charge is 0.274 e.